The van der Waals surface area contributed by atoms with Gasteiger partial charge in [0.2, 0.25) is 0 Å². The van der Waals surface area contributed by atoms with E-state index in [9.17, 15) is 12.8 Å². The molecule has 6 nitrogen and oxygen atoms in total. The van der Waals surface area contributed by atoms with Gasteiger partial charge in [0.05, 0.1) is 5.69 Å². The number of sulfonamides is 1. The van der Waals surface area contributed by atoms with Gasteiger partial charge in [0, 0.05) is 11.9 Å². The van der Waals surface area contributed by atoms with E-state index in [0.29, 0.717) is 0 Å². The number of nitrogens with zero attached hydrogens (tertiary/aromatic N) is 2. The van der Waals surface area contributed by atoms with Gasteiger partial charge in [-0.05, 0) is 30.3 Å². The summed E-state index contributed by atoms with van der Waals surface area (Å²) >= 11 is 0. The molecule has 0 amide bonds. The van der Waals surface area contributed by atoms with Gasteiger partial charge in [0.1, 0.15) is 16.8 Å². The summed E-state index contributed by atoms with van der Waals surface area (Å²) in [6.07, 6.45) is 1.29. The van der Waals surface area contributed by atoms with E-state index in [4.69, 9.17) is 11.0 Å². The maximum atomic E-state index is 13.5. The summed E-state index contributed by atoms with van der Waals surface area (Å²) in [7, 11) is -4.13. The molecular formula is C12H9FN4O2S. The van der Waals surface area contributed by atoms with Crippen molar-refractivity contribution in [2.75, 3.05) is 10.5 Å². The number of nitriles is 1. The maximum absolute atomic E-state index is 13.5. The van der Waals surface area contributed by atoms with Gasteiger partial charge in [-0.15, -0.1) is 0 Å². The molecule has 3 N–H and O–H groups in total. The van der Waals surface area contributed by atoms with Crippen LogP contribution in [0.25, 0.3) is 0 Å². The van der Waals surface area contributed by atoms with E-state index < -0.39 is 15.8 Å². The van der Waals surface area contributed by atoms with Crippen molar-refractivity contribution in [3.8, 4) is 6.07 Å². The van der Waals surface area contributed by atoms with Gasteiger partial charge in [0.15, 0.2) is 5.69 Å². The van der Waals surface area contributed by atoms with Gasteiger partial charge in [-0.25, -0.2) is 17.8 Å². The average Bonchev–Trinajstić information content (AvgIpc) is 2.42. The predicted octanol–water partition coefficient (Wildman–Crippen LogP) is 1.48. The van der Waals surface area contributed by atoms with Crippen LogP contribution < -0.4 is 10.5 Å². The van der Waals surface area contributed by atoms with Gasteiger partial charge in [-0.3, -0.25) is 4.72 Å². The van der Waals surface area contributed by atoms with Gasteiger partial charge in [-0.1, -0.05) is 0 Å². The monoisotopic (exact) mass is 292 g/mol. The largest absolute Gasteiger partial charge is 0.399 e. The lowest BCUT2D eigenvalue weighted by molar-refractivity contribution is 0.598. The third-order valence-electron chi connectivity index (χ3n) is 2.40. The van der Waals surface area contributed by atoms with Gasteiger partial charge in [0.25, 0.3) is 10.0 Å². The topological polar surface area (TPSA) is 109 Å². The minimum Gasteiger partial charge on any atom is -0.399 e. The highest BCUT2D eigenvalue weighted by Crippen LogP contribution is 2.22. The Morgan fingerprint density at radius 2 is 2.10 bits per heavy atom. The Labute approximate surface area is 114 Å². The van der Waals surface area contributed by atoms with Crippen molar-refractivity contribution in [2.24, 2.45) is 0 Å². The summed E-state index contributed by atoms with van der Waals surface area (Å²) in [4.78, 5) is 3.32. The van der Waals surface area contributed by atoms with E-state index in [-0.39, 0.29) is 22.0 Å². The van der Waals surface area contributed by atoms with Crippen molar-refractivity contribution in [1.29, 1.82) is 5.26 Å². The number of aromatic nitrogens is 1. The number of nitrogens with two attached hydrogens (primary N) is 1. The van der Waals surface area contributed by atoms with Crippen molar-refractivity contribution >= 4 is 21.4 Å². The maximum Gasteiger partial charge on any atom is 0.264 e. The number of halogens is 1. The molecule has 0 aliphatic carbocycles. The Bertz CT molecular complexity index is 799. The minimum atomic E-state index is -4.13. The van der Waals surface area contributed by atoms with Crippen LogP contribution in [-0.4, -0.2) is 13.4 Å². The molecule has 1 heterocycles. The molecule has 1 aromatic carbocycles. The van der Waals surface area contributed by atoms with Crippen LogP contribution in [0.15, 0.2) is 41.4 Å². The Hall–Kier alpha value is -2.66. The first-order valence-electron chi connectivity index (χ1n) is 5.37. The number of nitrogens with one attached hydrogen (secondary N) is 1. The first-order chi connectivity index (χ1) is 9.44. The Morgan fingerprint density at radius 1 is 1.35 bits per heavy atom. The molecule has 0 bridgehead atoms. The number of rotatable bonds is 3. The molecule has 0 fully saturated rings. The van der Waals surface area contributed by atoms with E-state index in [1.165, 1.54) is 24.4 Å². The van der Waals surface area contributed by atoms with Crippen LogP contribution in [0.3, 0.4) is 0 Å². The number of benzene rings is 1. The quantitative estimate of drug-likeness (QED) is 0.833. The Kier molecular flexibility index (Phi) is 3.54. The van der Waals surface area contributed by atoms with Crippen molar-refractivity contribution < 1.29 is 12.8 Å². The Morgan fingerprint density at radius 3 is 2.80 bits per heavy atom. The number of pyridine rings is 1. The van der Waals surface area contributed by atoms with Crippen LogP contribution in [0, 0.1) is 17.1 Å². The van der Waals surface area contributed by atoms with Crippen LogP contribution in [0.4, 0.5) is 15.8 Å². The highest BCUT2D eigenvalue weighted by Gasteiger charge is 2.20. The Balaban J connectivity index is 2.47. The highest BCUT2D eigenvalue weighted by atomic mass is 32.2. The summed E-state index contributed by atoms with van der Waals surface area (Å²) < 4.78 is 39.8. The third-order valence-corrected chi connectivity index (χ3v) is 3.80. The molecule has 2 aromatic rings. The second-order valence-electron chi connectivity index (χ2n) is 3.81. The smallest absolute Gasteiger partial charge is 0.264 e. The fraction of sp³-hybridized carbons (Fsp3) is 0. The van der Waals surface area contributed by atoms with Crippen LogP contribution in [-0.2, 0) is 10.0 Å². The zero-order valence-electron chi connectivity index (χ0n) is 10.0. The number of nitrogen functional groups attached to an aromatic ring is 1. The third kappa shape index (κ3) is 2.67. The van der Waals surface area contributed by atoms with Crippen LogP contribution in [0.5, 0.6) is 0 Å². The first-order valence-corrected chi connectivity index (χ1v) is 6.85. The molecule has 0 saturated carbocycles. The SMILES string of the molecule is N#Cc1ncccc1S(=O)(=O)Nc1cc(N)ccc1F. The fourth-order valence-electron chi connectivity index (χ4n) is 1.51. The fourth-order valence-corrected chi connectivity index (χ4v) is 2.68. The standard InChI is InChI=1S/C12H9FN4O2S/c13-9-4-3-8(15)6-10(9)17-20(18,19)12-2-1-5-16-11(12)7-14/h1-6,17H,15H2. The van der Waals surface area contributed by atoms with Gasteiger partial charge < -0.3 is 5.73 Å². The zero-order chi connectivity index (χ0) is 14.8. The molecule has 8 heteroatoms. The van der Waals surface area contributed by atoms with E-state index in [0.717, 1.165) is 12.1 Å². The van der Waals surface area contributed by atoms with Crippen LogP contribution in [0.1, 0.15) is 5.69 Å². The molecule has 0 atom stereocenters. The molecule has 2 rings (SSSR count). The molecule has 0 radical (unpaired) electrons. The second kappa shape index (κ2) is 5.14. The average molecular weight is 292 g/mol. The number of hydrogen-bond donors (Lipinski definition) is 2. The summed E-state index contributed by atoms with van der Waals surface area (Å²) in [5, 5.41) is 8.85. The van der Waals surface area contributed by atoms with Crippen LogP contribution in [0.2, 0.25) is 0 Å². The summed E-state index contributed by atoms with van der Waals surface area (Å²) in [6, 6.07) is 7.73. The van der Waals surface area contributed by atoms with E-state index in [2.05, 4.69) is 4.98 Å². The summed E-state index contributed by atoms with van der Waals surface area (Å²) in [5.74, 6) is -0.773. The molecule has 20 heavy (non-hydrogen) atoms. The van der Waals surface area contributed by atoms with Crippen molar-refractivity contribution in [1.82, 2.24) is 4.98 Å². The van der Waals surface area contributed by atoms with Gasteiger partial charge in [-0.2, -0.15) is 5.26 Å². The van der Waals surface area contributed by atoms with Crippen molar-refractivity contribution in [2.45, 2.75) is 4.90 Å². The van der Waals surface area contributed by atoms with E-state index >= 15 is 0 Å². The summed E-state index contributed by atoms with van der Waals surface area (Å²) in [6.45, 7) is 0. The molecule has 0 unspecified atom stereocenters. The van der Waals surface area contributed by atoms with Crippen molar-refractivity contribution in [3.63, 3.8) is 0 Å². The predicted molar refractivity (Wildman–Crippen MR) is 70.6 cm³/mol. The van der Waals surface area contributed by atoms with Crippen LogP contribution >= 0.6 is 0 Å². The first kappa shape index (κ1) is 13.8. The summed E-state index contributed by atoms with van der Waals surface area (Å²) in [5.41, 5.74) is 5.11. The molecule has 1 aromatic heterocycles. The van der Waals surface area contributed by atoms with Crippen molar-refractivity contribution in [3.05, 3.63) is 48.0 Å². The lowest BCUT2D eigenvalue weighted by Crippen LogP contribution is -2.16. The lowest BCUT2D eigenvalue weighted by Gasteiger charge is -2.10. The molecule has 0 spiro atoms. The normalized spacial score (nSPS) is 10.8. The number of anilines is 2. The molecular weight excluding hydrogens is 283 g/mol. The van der Waals surface area contributed by atoms with Gasteiger partial charge >= 0.3 is 0 Å². The van der Waals surface area contributed by atoms with E-state index in [1.807, 2.05) is 4.72 Å². The lowest BCUT2D eigenvalue weighted by atomic mass is 10.3. The molecule has 0 saturated heterocycles. The molecule has 102 valence electrons. The second-order valence-corrected chi connectivity index (χ2v) is 5.46. The molecule has 0 aliphatic heterocycles. The number of hydrogen-bond acceptors (Lipinski definition) is 5. The van der Waals surface area contributed by atoms with E-state index in [1.54, 1.807) is 6.07 Å². The zero-order valence-corrected chi connectivity index (χ0v) is 10.9. The minimum absolute atomic E-state index is 0.204. The highest BCUT2D eigenvalue weighted by molar-refractivity contribution is 7.92. The molecule has 0 aliphatic rings.